The molecule has 2 rings (SSSR count). The molecule has 1 aliphatic carbocycles. The van der Waals surface area contributed by atoms with Crippen LogP contribution in [0.1, 0.15) is 44.1 Å². The lowest BCUT2D eigenvalue weighted by Gasteiger charge is -2.18. The summed E-state index contributed by atoms with van der Waals surface area (Å²) >= 11 is 0. The average Bonchev–Trinajstić information content (AvgIpc) is 2.92. The van der Waals surface area contributed by atoms with E-state index >= 15 is 0 Å². The number of carboxylic acids is 1. The molecule has 1 aliphatic rings. The molecule has 0 aromatic heterocycles. The number of carbonyl (C=O) groups is 1. The van der Waals surface area contributed by atoms with E-state index in [-0.39, 0.29) is 6.42 Å². The van der Waals surface area contributed by atoms with E-state index < -0.39 is 5.97 Å². The Balaban J connectivity index is 2.09. The lowest BCUT2D eigenvalue weighted by molar-refractivity contribution is -0.137. The van der Waals surface area contributed by atoms with Gasteiger partial charge in [0.05, 0.1) is 13.2 Å². The van der Waals surface area contributed by atoms with Crippen LogP contribution >= 0.6 is 0 Å². The Bertz CT molecular complexity index is 450. The van der Waals surface area contributed by atoms with E-state index in [0.717, 1.165) is 29.9 Å². The van der Waals surface area contributed by atoms with Crippen LogP contribution in [0.5, 0.6) is 11.5 Å². The highest BCUT2D eigenvalue weighted by molar-refractivity contribution is 5.66. The van der Waals surface area contributed by atoms with Crippen LogP contribution in [0.4, 0.5) is 0 Å². The van der Waals surface area contributed by atoms with E-state index in [1.54, 1.807) is 7.11 Å². The van der Waals surface area contributed by atoms with Gasteiger partial charge in [-0.15, -0.1) is 0 Å². The molecule has 0 amide bonds. The standard InChI is InChI=1S/C16H22O4/c1-19-14-9-5-10-15(20-12-6-2-3-7-12)13(14)8-4-11-16(17)18/h5,9-10,12H,2-4,6-8,11H2,1H3,(H,17,18). The van der Waals surface area contributed by atoms with Crippen LogP contribution in [-0.2, 0) is 11.2 Å². The van der Waals surface area contributed by atoms with Crippen LogP contribution in [0.3, 0.4) is 0 Å². The minimum Gasteiger partial charge on any atom is -0.496 e. The van der Waals surface area contributed by atoms with Gasteiger partial charge < -0.3 is 14.6 Å². The number of carboxylic acid groups (broad SMARTS) is 1. The van der Waals surface area contributed by atoms with Gasteiger partial charge in [-0.05, 0) is 50.7 Å². The number of methoxy groups -OCH3 is 1. The predicted molar refractivity (Wildman–Crippen MR) is 76.5 cm³/mol. The van der Waals surface area contributed by atoms with Crippen LogP contribution in [0, 0.1) is 0 Å². The van der Waals surface area contributed by atoms with Crippen molar-refractivity contribution in [3.05, 3.63) is 23.8 Å². The maximum Gasteiger partial charge on any atom is 0.303 e. The van der Waals surface area contributed by atoms with E-state index in [4.69, 9.17) is 14.6 Å². The molecule has 4 heteroatoms. The van der Waals surface area contributed by atoms with Gasteiger partial charge in [0, 0.05) is 12.0 Å². The molecule has 0 bridgehead atoms. The largest absolute Gasteiger partial charge is 0.496 e. The smallest absolute Gasteiger partial charge is 0.303 e. The molecule has 1 saturated carbocycles. The van der Waals surface area contributed by atoms with Crippen molar-refractivity contribution in [2.24, 2.45) is 0 Å². The fraction of sp³-hybridized carbons (Fsp3) is 0.562. The molecular weight excluding hydrogens is 256 g/mol. The number of ether oxygens (including phenoxy) is 2. The lowest BCUT2D eigenvalue weighted by Crippen LogP contribution is -2.12. The van der Waals surface area contributed by atoms with Gasteiger partial charge in [0.15, 0.2) is 0 Å². The average molecular weight is 278 g/mol. The van der Waals surface area contributed by atoms with Crippen LogP contribution in [0.25, 0.3) is 0 Å². The Morgan fingerprint density at radius 2 is 2.00 bits per heavy atom. The minimum absolute atomic E-state index is 0.168. The molecular formula is C16H22O4. The molecule has 1 aromatic carbocycles. The quantitative estimate of drug-likeness (QED) is 0.830. The minimum atomic E-state index is -0.766. The number of hydrogen-bond acceptors (Lipinski definition) is 3. The van der Waals surface area contributed by atoms with Gasteiger partial charge in [-0.1, -0.05) is 6.07 Å². The molecule has 1 N–H and O–H groups in total. The summed E-state index contributed by atoms with van der Waals surface area (Å²) in [5.41, 5.74) is 0.989. The van der Waals surface area contributed by atoms with Crippen molar-refractivity contribution in [2.75, 3.05) is 7.11 Å². The van der Waals surface area contributed by atoms with Crippen molar-refractivity contribution in [3.8, 4) is 11.5 Å². The third kappa shape index (κ3) is 3.89. The van der Waals surface area contributed by atoms with Gasteiger partial charge in [0.25, 0.3) is 0 Å². The molecule has 0 heterocycles. The summed E-state index contributed by atoms with van der Waals surface area (Å²) in [5, 5.41) is 8.75. The molecule has 0 spiro atoms. The van der Waals surface area contributed by atoms with Crippen LogP contribution in [-0.4, -0.2) is 24.3 Å². The van der Waals surface area contributed by atoms with Crippen molar-refractivity contribution in [1.29, 1.82) is 0 Å². The van der Waals surface area contributed by atoms with Crippen molar-refractivity contribution in [2.45, 2.75) is 51.0 Å². The number of rotatable bonds is 7. The van der Waals surface area contributed by atoms with Crippen molar-refractivity contribution in [1.82, 2.24) is 0 Å². The first-order valence-corrected chi connectivity index (χ1v) is 7.25. The second-order valence-electron chi connectivity index (χ2n) is 5.21. The maximum absolute atomic E-state index is 10.6. The highest BCUT2D eigenvalue weighted by Crippen LogP contribution is 2.33. The second kappa shape index (κ2) is 7.17. The van der Waals surface area contributed by atoms with Gasteiger partial charge in [-0.2, -0.15) is 0 Å². The summed E-state index contributed by atoms with van der Waals surface area (Å²) in [6, 6.07) is 5.78. The zero-order valence-electron chi connectivity index (χ0n) is 11.9. The molecule has 0 radical (unpaired) electrons. The Morgan fingerprint density at radius 1 is 1.30 bits per heavy atom. The Hall–Kier alpha value is -1.71. The topological polar surface area (TPSA) is 55.8 Å². The van der Waals surface area contributed by atoms with Gasteiger partial charge in [-0.25, -0.2) is 0 Å². The van der Waals surface area contributed by atoms with Gasteiger partial charge >= 0.3 is 5.97 Å². The molecule has 1 fully saturated rings. The predicted octanol–water partition coefficient (Wildman–Crippen LogP) is 3.42. The monoisotopic (exact) mass is 278 g/mol. The first-order valence-electron chi connectivity index (χ1n) is 7.25. The van der Waals surface area contributed by atoms with Crippen molar-refractivity contribution < 1.29 is 19.4 Å². The molecule has 0 unspecified atom stereocenters. The number of hydrogen-bond donors (Lipinski definition) is 1. The fourth-order valence-corrected chi connectivity index (χ4v) is 2.70. The zero-order valence-corrected chi connectivity index (χ0v) is 11.9. The maximum atomic E-state index is 10.6. The van der Waals surface area contributed by atoms with Gasteiger partial charge in [-0.3, -0.25) is 4.79 Å². The summed E-state index contributed by atoms with van der Waals surface area (Å²) in [5.74, 6) is 0.866. The van der Waals surface area contributed by atoms with E-state index in [9.17, 15) is 4.79 Å². The van der Waals surface area contributed by atoms with Crippen molar-refractivity contribution in [3.63, 3.8) is 0 Å². The molecule has 0 saturated heterocycles. The van der Waals surface area contributed by atoms with Gasteiger partial charge in [0.1, 0.15) is 11.5 Å². The third-order valence-electron chi connectivity index (χ3n) is 3.72. The molecule has 4 nitrogen and oxygen atoms in total. The highest BCUT2D eigenvalue weighted by atomic mass is 16.5. The fourth-order valence-electron chi connectivity index (χ4n) is 2.70. The SMILES string of the molecule is COc1cccc(OC2CCCC2)c1CCCC(=O)O. The Labute approximate surface area is 119 Å². The third-order valence-corrected chi connectivity index (χ3v) is 3.72. The first kappa shape index (κ1) is 14.7. The Kier molecular flexibility index (Phi) is 5.27. The number of benzene rings is 1. The summed E-state index contributed by atoms with van der Waals surface area (Å²) in [4.78, 5) is 10.6. The summed E-state index contributed by atoms with van der Waals surface area (Å²) in [6.07, 6.45) is 6.37. The highest BCUT2D eigenvalue weighted by Gasteiger charge is 2.19. The van der Waals surface area contributed by atoms with E-state index in [2.05, 4.69) is 0 Å². The molecule has 1 aromatic rings. The summed E-state index contributed by atoms with van der Waals surface area (Å²) in [7, 11) is 1.63. The summed E-state index contributed by atoms with van der Waals surface area (Å²) < 4.78 is 11.5. The lowest BCUT2D eigenvalue weighted by atomic mass is 10.1. The zero-order chi connectivity index (χ0) is 14.4. The van der Waals surface area contributed by atoms with E-state index in [1.807, 2.05) is 18.2 Å². The van der Waals surface area contributed by atoms with Gasteiger partial charge in [0.2, 0.25) is 0 Å². The second-order valence-corrected chi connectivity index (χ2v) is 5.21. The van der Waals surface area contributed by atoms with E-state index in [0.29, 0.717) is 18.9 Å². The van der Waals surface area contributed by atoms with E-state index in [1.165, 1.54) is 12.8 Å². The van der Waals surface area contributed by atoms with Crippen LogP contribution in [0.15, 0.2) is 18.2 Å². The molecule has 0 atom stereocenters. The normalized spacial score (nSPS) is 15.2. The first-order chi connectivity index (χ1) is 9.70. The van der Waals surface area contributed by atoms with Crippen LogP contribution in [0.2, 0.25) is 0 Å². The molecule has 110 valence electrons. The summed E-state index contributed by atoms with van der Waals surface area (Å²) in [6.45, 7) is 0. The molecule has 0 aliphatic heterocycles. The van der Waals surface area contributed by atoms with Crippen molar-refractivity contribution >= 4 is 5.97 Å². The van der Waals surface area contributed by atoms with Crippen LogP contribution < -0.4 is 9.47 Å². The number of aliphatic carboxylic acids is 1. The molecule has 20 heavy (non-hydrogen) atoms. The Morgan fingerprint density at radius 3 is 2.65 bits per heavy atom.